The minimum atomic E-state index is -0.00288. The van der Waals surface area contributed by atoms with E-state index < -0.39 is 0 Å². The topological polar surface area (TPSA) is 84.0 Å². The molecule has 7 nitrogen and oxygen atoms in total. The Labute approximate surface area is 201 Å². The van der Waals surface area contributed by atoms with Gasteiger partial charge in [0, 0.05) is 19.2 Å². The van der Waals surface area contributed by atoms with E-state index in [9.17, 15) is 4.79 Å². The number of aliphatic imine (C=N–C) groups is 1. The SMILES string of the molecule is CN=C(NCCOc1ccc2c(c1)CCC(=O)N2)NCC(C)Oc1ccccc1C.I. The molecule has 1 aliphatic rings. The summed E-state index contributed by atoms with van der Waals surface area (Å²) in [4.78, 5) is 15.7. The zero-order valence-electron chi connectivity index (χ0n) is 18.2. The molecule has 2 aromatic rings. The lowest BCUT2D eigenvalue weighted by Gasteiger charge is -2.19. The van der Waals surface area contributed by atoms with Gasteiger partial charge in [-0.15, -0.1) is 24.0 Å². The van der Waals surface area contributed by atoms with Gasteiger partial charge in [-0.05, 0) is 55.7 Å². The Morgan fingerprint density at radius 1 is 1.19 bits per heavy atom. The first-order valence-electron chi connectivity index (χ1n) is 10.3. The van der Waals surface area contributed by atoms with Crippen LogP contribution < -0.4 is 25.4 Å². The number of nitrogens with zero attached hydrogens (tertiary/aromatic N) is 1. The van der Waals surface area contributed by atoms with Crippen LogP contribution >= 0.6 is 24.0 Å². The van der Waals surface area contributed by atoms with Gasteiger partial charge in [0.2, 0.25) is 5.91 Å². The van der Waals surface area contributed by atoms with E-state index in [1.165, 1.54) is 0 Å². The number of para-hydroxylation sites is 1. The van der Waals surface area contributed by atoms with E-state index in [1.54, 1.807) is 7.05 Å². The molecule has 1 heterocycles. The van der Waals surface area contributed by atoms with Crippen molar-refractivity contribution in [3.05, 3.63) is 53.6 Å². The summed E-state index contributed by atoms with van der Waals surface area (Å²) in [6, 6.07) is 13.8. The molecule has 3 N–H and O–H groups in total. The van der Waals surface area contributed by atoms with E-state index in [0.717, 1.165) is 34.7 Å². The van der Waals surface area contributed by atoms with Crippen LogP contribution in [0, 0.1) is 6.92 Å². The molecule has 2 aromatic carbocycles. The van der Waals surface area contributed by atoms with Crippen molar-refractivity contribution in [1.29, 1.82) is 0 Å². The number of hydrogen-bond acceptors (Lipinski definition) is 4. The number of ether oxygens (including phenoxy) is 2. The molecule has 0 saturated heterocycles. The first-order chi connectivity index (χ1) is 14.5. The van der Waals surface area contributed by atoms with Crippen LogP contribution in [0.25, 0.3) is 0 Å². The number of guanidine groups is 1. The second-order valence-electron chi connectivity index (χ2n) is 7.29. The van der Waals surface area contributed by atoms with Gasteiger partial charge in [0.15, 0.2) is 5.96 Å². The fourth-order valence-corrected chi connectivity index (χ4v) is 3.20. The Balaban J connectivity index is 0.00000341. The molecule has 1 aliphatic heterocycles. The first kappa shape index (κ1) is 24.8. The highest BCUT2D eigenvalue weighted by Gasteiger charge is 2.15. The van der Waals surface area contributed by atoms with Gasteiger partial charge >= 0.3 is 0 Å². The number of carbonyl (C=O) groups is 1. The molecular formula is C23H31IN4O3. The zero-order valence-corrected chi connectivity index (χ0v) is 20.6. The molecule has 1 atom stereocenters. The van der Waals surface area contributed by atoms with Crippen molar-refractivity contribution < 1.29 is 14.3 Å². The highest BCUT2D eigenvalue weighted by atomic mass is 127. The predicted octanol–water partition coefficient (Wildman–Crippen LogP) is 3.51. The van der Waals surface area contributed by atoms with Crippen LogP contribution in [0.1, 0.15) is 24.5 Å². The second kappa shape index (κ2) is 12.4. The third kappa shape index (κ3) is 7.61. The molecule has 0 saturated carbocycles. The summed E-state index contributed by atoms with van der Waals surface area (Å²) in [5, 5.41) is 9.39. The zero-order chi connectivity index (χ0) is 21.3. The fraction of sp³-hybridized carbons (Fsp3) is 0.391. The maximum Gasteiger partial charge on any atom is 0.224 e. The number of nitrogens with one attached hydrogen (secondary N) is 3. The van der Waals surface area contributed by atoms with Crippen LogP contribution in [-0.2, 0) is 11.2 Å². The smallest absolute Gasteiger partial charge is 0.224 e. The summed E-state index contributed by atoms with van der Waals surface area (Å²) in [5.41, 5.74) is 3.11. The number of aryl methyl sites for hydroxylation is 2. The van der Waals surface area contributed by atoms with E-state index in [0.29, 0.717) is 32.1 Å². The summed E-state index contributed by atoms with van der Waals surface area (Å²) in [6.45, 7) is 5.80. The summed E-state index contributed by atoms with van der Waals surface area (Å²) in [6.07, 6.45) is 1.26. The van der Waals surface area contributed by atoms with Crippen LogP contribution in [0.3, 0.4) is 0 Å². The van der Waals surface area contributed by atoms with Crippen molar-refractivity contribution in [2.45, 2.75) is 32.8 Å². The van der Waals surface area contributed by atoms with E-state index in [4.69, 9.17) is 9.47 Å². The van der Waals surface area contributed by atoms with Gasteiger partial charge in [-0.25, -0.2) is 0 Å². The van der Waals surface area contributed by atoms with Crippen molar-refractivity contribution >= 4 is 41.5 Å². The molecular weight excluding hydrogens is 507 g/mol. The summed E-state index contributed by atoms with van der Waals surface area (Å²) in [7, 11) is 1.74. The third-order valence-corrected chi connectivity index (χ3v) is 4.84. The van der Waals surface area contributed by atoms with Crippen molar-refractivity contribution in [2.75, 3.05) is 32.1 Å². The maximum absolute atomic E-state index is 11.4. The Morgan fingerprint density at radius 2 is 2.00 bits per heavy atom. The molecule has 3 rings (SSSR count). The molecule has 0 aliphatic carbocycles. The molecule has 31 heavy (non-hydrogen) atoms. The number of rotatable bonds is 8. The standard InChI is InChI=1S/C23H30N4O3.HI/c1-16-6-4-5-7-21(16)30-17(2)15-26-23(24-3)25-12-13-29-19-9-10-20-18(14-19)8-11-22(28)27-20;/h4-7,9-10,14,17H,8,11-13,15H2,1-3H3,(H,27,28)(H2,24,25,26);1H. The van der Waals surface area contributed by atoms with E-state index in [1.807, 2.05) is 56.3 Å². The molecule has 1 amide bonds. The number of halogens is 1. The van der Waals surface area contributed by atoms with Crippen LogP contribution in [0.5, 0.6) is 11.5 Å². The van der Waals surface area contributed by atoms with Gasteiger partial charge < -0.3 is 25.4 Å². The lowest BCUT2D eigenvalue weighted by molar-refractivity contribution is -0.116. The third-order valence-electron chi connectivity index (χ3n) is 4.84. The minimum absolute atomic E-state index is 0. The van der Waals surface area contributed by atoms with Gasteiger partial charge in [-0.1, -0.05) is 18.2 Å². The van der Waals surface area contributed by atoms with Crippen LogP contribution in [0.2, 0.25) is 0 Å². The Hall–Kier alpha value is -2.49. The number of benzene rings is 2. The number of anilines is 1. The lowest BCUT2D eigenvalue weighted by Crippen LogP contribution is -2.43. The molecule has 0 aromatic heterocycles. The highest BCUT2D eigenvalue weighted by molar-refractivity contribution is 14.0. The minimum Gasteiger partial charge on any atom is -0.492 e. The van der Waals surface area contributed by atoms with Gasteiger partial charge in [-0.2, -0.15) is 0 Å². The first-order valence-corrected chi connectivity index (χ1v) is 10.3. The van der Waals surface area contributed by atoms with E-state index in [-0.39, 0.29) is 36.0 Å². The van der Waals surface area contributed by atoms with Gasteiger partial charge in [0.1, 0.15) is 24.2 Å². The van der Waals surface area contributed by atoms with Crippen molar-refractivity contribution in [2.24, 2.45) is 4.99 Å². The molecule has 168 valence electrons. The number of fused-ring (bicyclic) bond motifs is 1. The summed E-state index contributed by atoms with van der Waals surface area (Å²) < 4.78 is 11.8. The van der Waals surface area contributed by atoms with Crippen LogP contribution in [0.4, 0.5) is 5.69 Å². The Kier molecular flexibility index (Phi) is 9.90. The highest BCUT2D eigenvalue weighted by Crippen LogP contribution is 2.26. The number of carbonyl (C=O) groups excluding carboxylic acids is 1. The molecule has 0 fully saturated rings. The second-order valence-corrected chi connectivity index (χ2v) is 7.29. The largest absolute Gasteiger partial charge is 0.492 e. The lowest BCUT2D eigenvalue weighted by atomic mass is 10.0. The molecule has 8 heteroatoms. The summed E-state index contributed by atoms with van der Waals surface area (Å²) >= 11 is 0. The van der Waals surface area contributed by atoms with Gasteiger partial charge in [0.05, 0.1) is 13.1 Å². The molecule has 0 bridgehead atoms. The fourth-order valence-electron chi connectivity index (χ4n) is 3.20. The maximum atomic E-state index is 11.4. The number of hydrogen-bond donors (Lipinski definition) is 3. The van der Waals surface area contributed by atoms with E-state index >= 15 is 0 Å². The van der Waals surface area contributed by atoms with Crippen LogP contribution in [-0.4, -0.2) is 44.7 Å². The monoisotopic (exact) mass is 538 g/mol. The average Bonchev–Trinajstić information content (AvgIpc) is 2.75. The van der Waals surface area contributed by atoms with Crippen molar-refractivity contribution in [3.63, 3.8) is 0 Å². The van der Waals surface area contributed by atoms with E-state index in [2.05, 4.69) is 20.9 Å². The molecule has 0 radical (unpaired) electrons. The average molecular weight is 538 g/mol. The van der Waals surface area contributed by atoms with Crippen molar-refractivity contribution in [1.82, 2.24) is 10.6 Å². The molecule has 0 spiro atoms. The Morgan fingerprint density at radius 3 is 2.77 bits per heavy atom. The Bertz CT molecular complexity index is 904. The normalized spacial score (nSPS) is 13.9. The predicted molar refractivity (Wildman–Crippen MR) is 135 cm³/mol. The van der Waals surface area contributed by atoms with Gasteiger partial charge in [0.25, 0.3) is 0 Å². The van der Waals surface area contributed by atoms with Crippen molar-refractivity contribution in [3.8, 4) is 11.5 Å². The molecule has 1 unspecified atom stereocenters. The van der Waals surface area contributed by atoms with Gasteiger partial charge in [-0.3, -0.25) is 9.79 Å². The quantitative estimate of drug-likeness (QED) is 0.208. The number of amides is 1. The summed E-state index contributed by atoms with van der Waals surface area (Å²) in [5.74, 6) is 2.47. The van der Waals surface area contributed by atoms with Crippen LogP contribution in [0.15, 0.2) is 47.5 Å².